The summed E-state index contributed by atoms with van der Waals surface area (Å²) in [6.07, 6.45) is 1.90. The van der Waals surface area contributed by atoms with Gasteiger partial charge in [-0.25, -0.2) is 17.9 Å². The molecule has 0 saturated heterocycles. The Kier molecular flexibility index (Phi) is 6.55. The Bertz CT molecular complexity index is 1070. The number of carbonyl (C=O) groups is 1. The van der Waals surface area contributed by atoms with Crippen molar-refractivity contribution in [1.82, 2.24) is 20.2 Å². The number of esters is 1. The van der Waals surface area contributed by atoms with Crippen LogP contribution < -0.4 is 4.72 Å². The molecule has 0 unspecified atom stereocenters. The number of hydrogen-bond acceptors (Lipinski definition) is 7. The number of rotatable bonds is 9. The third-order valence-corrected chi connectivity index (χ3v) is 5.46. The van der Waals surface area contributed by atoms with Crippen molar-refractivity contribution >= 4 is 21.7 Å². The molecule has 0 spiro atoms. The average Bonchev–Trinajstić information content (AvgIpc) is 3.18. The summed E-state index contributed by atoms with van der Waals surface area (Å²) >= 11 is 0. The van der Waals surface area contributed by atoms with E-state index in [2.05, 4.69) is 27.2 Å². The van der Waals surface area contributed by atoms with Crippen molar-refractivity contribution in [2.75, 3.05) is 4.72 Å². The lowest BCUT2D eigenvalue weighted by atomic mass is 10.2. The van der Waals surface area contributed by atoms with Gasteiger partial charge in [-0.2, -0.15) is 0 Å². The fourth-order valence-electron chi connectivity index (χ4n) is 2.54. The number of ether oxygens (including phenoxy) is 1. The first kappa shape index (κ1) is 20.5. The Morgan fingerprint density at radius 2 is 1.93 bits per heavy atom. The monoisotopic (exact) mass is 415 g/mol. The number of hydrogen-bond donors (Lipinski definition) is 1. The smallest absolute Gasteiger partial charge is 0.338 e. The number of tetrazole rings is 1. The lowest BCUT2D eigenvalue weighted by Gasteiger charge is -2.10. The quantitative estimate of drug-likeness (QED) is 0.534. The van der Waals surface area contributed by atoms with Crippen molar-refractivity contribution in [3.05, 3.63) is 66.0 Å². The lowest BCUT2D eigenvalue weighted by Crippen LogP contribution is -2.14. The molecule has 0 aliphatic carbocycles. The fourth-order valence-corrected chi connectivity index (χ4v) is 3.62. The molecule has 152 valence electrons. The van der Waals surface area contributed by atoms with Crippen LogP contribution in [0.25, 0.3) is 0 Å². The Morgan fingerprint density at radius 1 is 1.14 bits per heavy atom. The van der Waals surface area contributed by atoms with Crippen LogP contribution in [0.5, 0.6) is 0 Å². The fraction of sp³-hybridized carbons (Fsp3) is 0.263. The number of unbranched alkanes of at least 4 members (excludes halogenated alkanes) is 1. The van der Waals surface area contributed by atoms with E-state index in [1.54, 1.807) is 41.1 Å². The normalized spacial score (nSPS) is 11.2. The summed E-state index contributed by atoms with van der Waals surface area (Å²) in [5.41, 5.74) is 0.474. The van der Waals surface area contributed by atoms with Gasteiger partial charge in [-0.3, -0.25) is 4.72 Å². The molecular formula is C19H21N5O4S. The minimum absolute atomic E-state index is 0.0739. The maximum absolute atomic E-state index is 12.4. The van der Waals surface area contributed by atoms with Crippen molar-refractivity contribution in [3.8, 4) is 0 Å². The molecule has 9 nitrogen and oxygen atoms in total. The first-order valence-corrected chi connectivity index (χ1v) is 10.6. The molecule has 0 atom stereocenters. The van der Waals surface area contributed by atoms with Gasteiger partial charge in [-0.15, -0.1) is 5.10 Å². The summed E-state index contributed by atoms with van der Waals surface area (Å²) in [5, 5.41) is 11.3. The van der Waals surface area contributed by atoms with Gasteiger partial charge in [-0.1, -0.05) is 37.6 Å². The minimum Gasteiger partial charge on any atom is -0.454 e. The van der Waals surface area contributed by atoms with Gasteiger partial charge in [0.15, 0.2) is 12.4 Å². The van der Waals surface area contributed by atoms with Crippen molar-refractivity contribution in [3.63, 3.8) is 0 Å². The Labute approximate surface area is 168 Å². The van der Waals surface area contributed by atoms with Crippen LogP contribution in [0, 0.1) is 0 Å². The van der Waals surface area contributed by atoms with Gasteiger partial charge in [0, 0.05) is 12.2 Å². The zero-order valence-corrected chi connectivity index (χ0v) is 16.7. The van der Waals surface area contributed by atoms with E-state index < -0.39 is 16.0 Å². The zero-order valence-electron chi connectivity index (χ0n) is 15.9. The maximum Gasteiger partial charge on any atom is 0.338 e. The number of anilines is 1. The summed E-state index contributed by atoms with van der Waals surface area (Å²) in [5.74, 6) is -0.150. The molecule has 2 aromatic carbocycles. The molecule has 0 aliphatic heterocycles. The molecule has 1 N–H and O–H groups in total. The number of aromatic nitrogens is 4. The van der Waals surface area contributed by atoms with E-state index in [9.17, 15) is 13.2 Å². The summed E-state index contributed by atoms with van der Waals surface area (Å²) in [7, 11) is -3.75. The Morgan fingerprint density at radius 3 is 2.69 bits per heavy atom. The van der Waals surface area contributed by atoms with Crippen LogP contribution in [-0.4, -0.2) is 34.6 Å². The molecule has 1 heterocycles. The molecule has 0 aliphatic rings. The summed E-state index contributed by atoms with van der Waals surface area (Å²) in [6.45, 7) is 2.63. The van der Waals surface area contributed by atoms with Gasteiger partial charge in [0.25, 0.3) is 10.0 Å². The van der Waals surface area contributed by atoms with Crippen LogP contribution in [0.15, 0.2) is 59.5 Å². The molecule has 0 radical (unpaired) electrons. The van der Waals surface area contributed by atoms with E-state index in [1.807, 2.05) is 0 Å². The number of benzene rings is 2. The number of aryl methyl sites for hydroxylation is 1. The predicted octanol–water partition coefficient (Wildman–Crippen LogP) is 2.63. The second-order valence-electron chi connectivity index (χ2n) is 6.25. The highest BCUT2D eigenvalue weighted by atomic mass is 32.2. The topological polar surface area (TPSA) is 116 Å². The molecule has 0 fully saturated rings. The third-order valence-electron chi connectivity index (χ3n) is 4.07. The molecule has 29 heavy (non-hydrogen) atoms. The van der Waals surface area contributed by atoms with Crippen molar-refractivity contribution < 1.29 is 17.9 Å². The van der Waals surface area contributed by atoms with Gasteiger partial charge in [-0.05, 0) is 47.2 Å². The highest BCUT2D eigenvalue weighted by Crippen LogP contribution is 2.18. The summed E-state index contributed by atoms with van der Waals surface area (Å²) in [4.78, 5) is 12.5. The molecular weight excluding hydrogens is 394 g/mol. The number of carbonyl (C=O) groups excluding carboxylic acids is 1. The lowest BCUT2D eigenvalue weighted by molar-refractivity contribution is 0.0456. The highest BCUT2D eigenvalue weighted by molar-refractivity contribution is 7.92. The SMILES string of the molecule is CCCCn1nnnc1COC(=O)c1cccc(NS(=O)(=O)c2ccccc2)c1. The first-order chi connectivity index (χ1) is 14.0. The molecule has 1 aromatic heterocycles. The molecule has 0 amide bonds. The second kappa shape index (κ2) is 9.28. The van der Waals surface area contributed by atoms with Crippen LogP contribution in [-0.2, 0) is 27.9 Å². The number of nitrogens with one attached hydrogen (secondary N) is 1. The molecule has 0 saturated carbocycles. The predicted molar refractivity (Wildman–Crippen MR) is 106 cm³/mol. The van der Waals surface area contributed by atoms with Crippen LogP contribution in [0.3, 0.4) is 0 Å². The molecule has 10 heteroatoms. The first-order valence-electron chi connectivity index (χ1n) is 9.09. The Balaban J connectivity index is 1.66. The molecule has 3 rings (SSSR count). The number of sulfonamides is 1. The Hall–Kier alpha value is -3.27. The van der Waals surface area contributed by atoms with E-state index in [0.29, 0.717) is 12.4 Å². The third kappa shape index (κ3) is 5.38. The second-order valence-corrected chi connectivity index (χ2v) is 7.93. The van der Waals surface area contributed by atoms with Crippen LogP contribution in [0.4, 0.5) is 5.69 Å². The van der Waals surface area contributed by atoms with Crippen LogP contribution in [0.1, 0.15) is 35.9 Å². The van der Waals surface area contributed by atoms with Gasteiger partial charge < -0.3 is 4.74 Å². The largest absolute Gasteiger partial charge is 0.454 e. The van der Waals surface area contributed by atoms with Crippen LogP contribution >= 0.6 is 0 Å². The molecule has 0 bridgehead atoms. The van der Waals surface area contributed by atoms with Crippen molar-refractivity contribution in [2.24, 2.45) is 0 Å². The number of nitrogens with zero attached hydrogens (tertiary/aromatic N) is 4. The molecule has 3 aromatic rings. The van der Waals surface area contributed by atoms with E-state index in [0.717, 1.165) is 12.8 Å². The van der Waals surface area contributed by atoms with Crippen LogP contribution in [0.2, 0.25) is 0 Å². The standard InChI is InChI=1S/C19H21N5O4S/c1-2-3-12-24-18(20-22-23-24)14-28-19(25)15-8-7-9-16(13-15)21-29(26,27)17-10-5-4-6-11-17/h4-11,13,21H,2-3,12,14H2,1H3. The van der Waals surface area contributed by atoms with Gasteiger partial charge in [0.05, 0.1) is 10.5 Å². The zero-order chi connectivity index (χ0) is 20.7. The van der Waals surface area contributed by atoms with Gasteiger partial charge in [0.1, 0.15) is 0 Å². The van der Waals surface area contributed by atoms with E-state index >= 15 is 0 Å². The van der Waals surface area contributed by atoms with Gasteiger partial charge >= 0.3 is 5.97 Å². The van der Waals surface area contributed by atoms with E-state index in [4.69, 9.17) is 4.74 Å². The summed E-state index contributed by atoms with van der Waals surface area (Å²) in [6, 6.07) is 14.1. The van der Waals surface area contributed by atoms with Gasteiger partial charge in [0.2, 0.25) is 0 Å². The minimum atomic E-state index is -3.75. The van der Waals surface area contributed by atoms with E-state index in [1.165, 1.54) is 18.2 Å². The highest BCUT2D eigenvalue weighted by Gasteiger charge is 2.16. The van der Waals surface area contributed by atoms with E-state index in [-0.39, 0.29) is 22.8 Å². The average molecular weight is 415 g/mol. The van der Waals surface area contributed by atoms with Crippen molar-refractivity contribution in [2.45, 2.75) is 37.8 Å². The maximum atomic E-state index is 12.4. The van der Waals surface area contributed by atoms with Crippen molar-refractivity contribution in [1.29, 1.82) is 0 Å². The summed E-state index contributed by atoms with van der Waals surface area (Å²) < 4.78 is 34.2.